The van der Waals surface area contributed by atoms with Crippen LogP contribution in [-0.2, 0) is 13.6 Å². The first-order valence-corrected chi connectivity index (χ1v) is 5.59. The highest BCUT2D eigenvalue weighted by molar-refractivity contribution is 5.20. The van der Waals surface area contributed by atoms with E-state index in [1.54, 1.807) is 24.1 Å². The summed E-state index contributed by atoms with van der Waals surface area (Å²) in [5.74, 6) is -1.01. The van der Waals surface area contributed by atoms with Crippen molar-refractivity contribution in [3.63, 3.8) is 0 Å². The molecule has 0 amide bonds. The Labute approximate surface area is 104 Å². The Hall–Kier alpha value is -1.82. The van der Waals surface area contributed by atoms with E-state index in [0.717, 1.165) is 6.07 Å². The van der Waals surface area contributed by atoms with Crippen molar-refractivity contribution < 1.29 is 8.78 Å². The Morgan fingerprint density at radius 3 is 2.72 bits per heavy atom. The third kappa shape index (κ3) is 2.89. The molecule has 0 saturated carbocycles. The molecule has 0 spiro atoms. The fourth-order valence-electron chi connectivity index (χ4n) is 1.61. The summed E-state index contributed by atoms with van der Waals surface area (Å²) in [5.41, 5.74) is 0.685. The molecule has 96 valence electrons. The molecule has 0 aliphatic heterocycles. The number of aryl methyl sites for hydroxylation is 1. The molecule has 2 rings (SSSR count). The second kappa shape index (κ2) is 5.22. The van der Waals surface area contributed by atoms with Gasteiger partial charge in [0.05, 0.1) is 6.54 Å². The predicted octanol–water partition coefficient (Wildman–Crippen LogP) is 1.94. The molecule has 0 radical (unpaired) electrons. The van der Waals surface area contributed by atoms with Gasteiger partial charge in [-0.25, -0.2) is 13.8 Å². The van der Waals surface area contributed by atoms with Gasteiger partial charge in [0.15, 0.2) is 17.5 Å². The van der Waals surface area contributed by atoms with E-state index in [2.05, 4.69) is 15.4 Å². The summed E-state index contributed by atoms with van der Waals surface area (Å²) < 4.78 is 27.5. The Kier molecular flexibility index (Phi) is 3.66. The van der Waals surface area contributed by atoms with Crippen LogP contribution in [0.4, 0.5) is 8.78 Å². The lowest BCUT2D eigenvalue weighted by Crippen LogP contribution is -2.19. The van der Waals surface area contributed by atoms with Gasteiger partial charge in [-0.3, -0.25) is 4.68 Å². The van der Waals surface area contributed by atoms with Gasteiger partial charge >= 0.3 is 0 Å². The fourth-order valence-corrected chi connectivity index (χ4v) is 1.61. The van der Waals surface area contributed by atoms with E-state index in [1.807, 2.05) is 6.92 Å². The number of rotatable bonds is 4. The van der Waals surface area contributed by atoms with Gasteiger partial charge in [-0.1, -0.05) is 6.07 Å². The zero-order valence-corrected chi connectivity index (χ0v) is 10.2. The molecule has 1 atom stereocenters. The summed E-state index contributed by atoms with van der Waals surface area (Å²) in [7, 11) is 1.79. The van der Waals surface area contributed by atoms with Crippen molar-refractivity contribution in [2.24, 2.45) is 7.05 Å². The summed E-state index contributed by atoms with van der Waals surface area (Å²) >= 11 is 0. The molecule has 1 unspecified atom stereocenters. The molecule has 1 aromatic heterocycles. The van der Waals surface area contributed by atoms with Crippen molar-refractivity contribution in [3.05, 3.63) is 47.5 Å². The Morgan fingerprint density at radius 2 is 2.11 bits per heavy atom. The molecule has 0 saturated heterocycles. The molecule has 6 heteroatoms. The molecule has 1 heterocycles. The Morgan fingerprint density at radius 1 is 1.33 bits per heavy atom. The second-order valence-electron chi connectivity index (χ2n) is 4.11. The summed E-state index contributed by atoms with van der Waals surface area (Å²) in [6.45, 7) is 2.34. The number of halogens is 2. The van der Waals surface area contributed by atoms with Gasteiger partial charge < -0.3 is 5.32 Å². The normalized spacial score (nSPS) is 12.7. The van der Waals surface area contributed by atoms with Crippen LogP contribution in [0.2, 0.25) is 0 Å². The van der Waals surface area contributed by atoms with Gasteiger partial charge in [0, 0.05) is 13.1 Å². The highest BCUT2D eigenvalue weighted by atomic mass is 19.2. The molecular formula is C12H14F2N4. The number of hydrogen-bond acceptors (Lipinski definition) is 3. The zero-order valence-electron chi connectivity index (χ0n) is 10.2. The number of aromatic nitrogens is 3. The van der Waals surface area contributed by atoms with Crippen molar-refractivity contribution in [1.82, 2.24) is 20.1 Å². The van der Waals surface area contributed by atoms with Crippen LogP contribution >= 0.6 is 0 Å². The summed E-state index contributed by atoms with van der Waals surface area (Å²) in [6.07, 6.45) is 1.61. The van der Waals surface area contributed by atoms with Crippen LogP contribution in [0.15, 0.2) is 24.5 Å². The smallest absolute Gasteiger partial charge is 0.164 e. The highest BCUT2D eigenvalue weighted by Crippen LogP contribution is 2.16. The molecular weight excluding hydrogens is 238 g/mol. The number of benzene rings is 1. The third-order valence-electron chi connectivity index (χ3n) is 2.66. The van der Waals surface area contributed by atoms with E-state index >= 15 is 0 Å². The lowest BCUT2D eigenvalue weighted by Gasteiger charge is -2.13. The van der Waals surface area contributed by atoms with Gasteiger partial charge in [-0.15, -0.1) is 0 Å². The fraction of sp³-hybridized carbons (Fsp3) is 0.333. The minimum absolute atomic E-state index is 0.107. The van der Waals surface area contributed by atoms with Crippen LogP contribution in [0.1, 0.15) is 24.4 Å². The van der Waals surface area contributed by atoms with Crippen molar-refractivity contribution in [2.45, 2.75) is 19.5 Å². The van der Waals surface area contributed by atoms with Gasteiger partial charge in [0.1, 0.15) is 6.33 Å². The lowest BCUT2D eigenvalue weighted by atomic mass is 10.1. The second-order valence-corrected chi connectivity index (χ2v) is 4.11. The third-order valence-corrected chi connectivity index (χ3v) is 2.66. The van der Waals surface area contributed by atoms with Gasteiger partial charge in [0.2, 0.25) is 0 Å². The van der Waals surface area contributed by atoms with E-state index in [4.69, 9.17) is 0 Å². The van der Waals surface area contributed by atoms with Crippen LogP contribution in [0.5, 0.6) is 0 Å². The molecule has 4 nitrogen and oxygen atoms in total. The maximum absolute atomic E-state index is 13.1. The molecule has 0 bridgehead atoms. The summed E-state index contributed by atoms with van der Waals surface area (Å²) in [4.78, 5) is 4.07. The van der Waals surface area contributed by atoms with Crippen LogP contribution in [-0.4, -0.2) is 14.8 Å². The van der Waals surface area contributed by atoms with Crippen LogP contribution in [0.25, 0.3) is 0 Å². The van der Waals surface area contributed by atoms with E-state index in [0.29, 0.717) is 17.9 Å². The Balaban J connectivity index is 1.99. The zero-order chi connectivity index (χ0) is 13.1. The van der Waals surface area contributed by atoms with Crippen LogP contribution in [0, 0.1) is 11.6 Å². The lowest BCUT2D eigenvalue weighted by molar-refractivity contribution is 0.499. The topological polar surface area (TPSA) is 42.7 Å². The summed E-state index contributed by atoms with van der Waals surface area (Å²) in [5, 5.41) is 7.26. The molecule has 1 N–H and O–H groups in total. The minimum Gasteiger partial charge on any atom is -0.303 e. The van der Waals surface area contributed by atoms with E-state index in [9.17, 15) is 8.78 Å². The van der Waals surface area contributed by atoms with Crippen LogP contribution < -0.4 is 5.32 Å². The van der Waals surface area contributed by atoms with Crippen molar-refractivity contribution in [2.75, 3.05) is 0 Å². The molecule has 18 heavy (non-hydrogen) atoms. The largest absolute Gasteiger partial charge is 0.303 e. The molecule has 1 aromatic carbocycles. The maximum atomic E-state index is 13.1. The quantitative estimate of drug-likeness (QED) is 0.904. The van der Waals surface area contributed by atoms with Gasteiger partial charge in [0.25, 0.3) is 0 Å². The number of nitrogens with zero attached hydrogens (tertiary/aromatic N) is 3. The highest BCUT2D eigenvalue weighted by Gasteiger charge is 2.09. The molecule has 0 fully saturated rings. The number of hydrogen-bond donors (Lipinski definition) is 1. The Bertz CT molecular complexity index is 539. The minimum atomic E-state index is -0.836. The predicted molar refractivity (Wildman–Crippen MR) is 62.6 cm³/mol. The van der Waals surface area contributed by atoms with Crippen molar-refractivity contribution in [1.29, 1.82) is 0 Å². The first-order valence-electron chi connectivity index (χ1n) is 5.59. The summed E-state index contributed by atoms with van der Waals surface area (Å²) in [6, 6.07) is 3.77. The SMILES string of the molecule is CC(NCc1ncn(C)n1)c1ccc(F)c(F)c1. The monoisotopic (exact) mass is 252 g/mol. The maximum Gasteiger partial charge on any atom is 0.164 e. The molecule has 2 aromatic rings. The van der Waals surface area contributed by atoms with E-state index in [-0.39, 0.29) is 6.04 Å². The standard InChI is InChI=1S/C12H14F2N4/c1-8(9-3-4-10(13)11(14)5-9)15-6-12-16-7-18(2)17-12/h3-5,7-8,15H,6H2,1-2H3. The van der Waals surface area contributed by atoms with Crippen molar-refractivity contribution >= 4 is 0 Å². The molecule has 0 aliphatic carbocycles. The molecule has 0 aliphatic rings. The van der Waals surface area contributed by atoms with E-state index < -0.39 is 11.6 Å². The average Bonchev–Trinajstić information content (AvgIpc) is 2.75. The van der Waals surface area contributed by atoms with Gasteiger partial charge in [-0.2, -0.15) is 5.10 Å². The van der Waals surface area contributed by atoms with Crippen molar-refractivity contribution in [3.8, 4) is 0 Å². The average molecular weight is 252 g/mol. The first-order chi connectivity index (χ1) is 8.56. The van der Waals surface area contributed by atoms with Crippen LogP contribution in [0.3, 0.4) is 0 Å². The van der Waals surface area contributed by atoms with Gasteiger partial charge in [-0.05, 0) is 24.6 Å². The van der Waals surface area contributed by atoms with E-state index in [1.165, 1.54) is 6.07 Å². The first kappa shape index (κ1) is 12.6. The number of nitrogens with one attached hydrogen (secondary N) is 1.